The van der Waals surface area contributed by atoms with Gasteiger partial charge in [0.15, 0.2) is 11.4 Å². The third-order valence-corrected chi connectivity index (χ3v) is 7.73. The number of nitrogens with two attached hydrogens (primary N) is 1. The number of Topliss-reactive ketones (excluding diaryl/α,β-unsaturated/α-hetero) is 2. The number of amides is 1. The number of hydrogen-bond acceptors (Lipinski definition) is 9. The van der Waals surface area contributed by atoms with Crippen LogP contribution >= 0.6 is 15.9 Å². The molecule has 1 aromatic carbocycles. The van der Waals surface area contributed by atoms with Crippen LogP contribution in [0.4, 0.5) is 0 Å². The van der Waals surface area contributed by atoms with Gasteiger partial charge in [-0.05, 0) is 39.6 Å². The lowest BCUT2D eigenvalue weighted by atomic mass is 9.54. The number of rotatable bonds is 2. The molecule has 1 aromatic rings. The summed E-state index contributed by atoms with van der Waals surface area (Å²) < 4.78 is 0.363. The van der Waals surface area contributed by atoms with Gasteiger partial charge in [0.25, 0.3) is 5.91 Å². The molecule has 4 rings (SSSR count). The van der Waals surface area contributed by atoms with Crippen LogP contribution in [-0.4, -0.2) is 73.6 Å². The summed E-state index contributed by atoms with van der Waals surface area (Å²) in [5.74, 6) is -8.03. The number of aromatic hydroxyl groups is 1. The SMILES string of the molecule is CN(C)C1C(=O)C(C(N)=O)=C(O)C2(O)C(=O)C3=C(O)c4c(O)ccc(Br)c4C(C)(O)C3CC12. The zero-order chi connectivity index (χ0) is 24.8. The van der Waals surface area contributed by atoms with Gasteiger partial charge in [-0.3, -0.25) is 19.3 Å². The second kappa shape index (κ2) is 7.13. The Hall–Kier alpha value is -2.73. The second-order valence-electron chi connectivity index (χ2n) is 9.08. The molecule has 5 unspecified atom stereocenters. The van der Waals surface area contributed by atoms with E-state index in [1.807, 2.05) is 0 Å². The van der Waals surface area contributed by atoms with Crippen molar-refractivity contribution in [3.8, 4) is 5.75 Å². The van der Waals surface area contributed by atoms with E-state index >= 15 is 0 Å². The van der Waals surface area contributed by atoms with Crippen molar-refractivity contribution in [1.82, 2.24) is 4.90 Å². The lowest BCUT2D eigenvalue weighted by molar-refractivity contribution is -0.159. The first kappa shape index (κ1) is 23.4. The maximum Gasteiger partial charge on any atom is 0.255 e. The number of ketones is 2. The quantitative estimate of drug-likeness (QED) is 0.299. The number of carbonyl (C=O) groups excluding carboxylic acids is 3. The highest BCUT2D eigenvalue weighted by molar-refractivity contribution is 9.10. The predicted octanol–water partition coefficient (Wildman–Crippen LogP) is 0.392. The Kier molecular flexibility index (Phi) is 5.06. The Morgan fingerprint density at radius 1 is 1.18 bits per heavy atom. The first-order valence-corrected chi connectivity index (χ1v) is 10.9. The van der Waals surface area contributed by atoms with Gasteiger partial charge >= 0.3 is 0 Å². The van der Waals surface area contributed by atoms with Gasteiger partial charge in [-0.1, -0.05) is 15.9 Å². The van der Waals surface area contributed by atoms with Crippen molar-refractivity contribution in [3.05, 3.63) is 44.6 Å². The topological polar surface area (TPSA) is 182 Å². The summed E-state index contributed by atoms with van der Waals surface area (Å²) in [7, 11) is 3.00. The highest BCUT2D eigenvalue weighted by Crippen LogP contribution is 2.58. The van der Waals surface area contributed by atoms with Crippen molar-refractivity contribution >= 4 is 39.2 Å². The largest absolute Gasteiger partial charge is 0.508 e. The van der Waals surface area contributed by atoms with Crippen molar-refractivity contribution in [2.75, 3.05) is 14.1 Å². The molecule has 1 saturated carbocycles. The molecule has 176 valence electrons. The van der Waals surface area contributed by atoms with Crippen LogP contribution in [0.25, 0.3) is 5.76 Å². The van der Waals surface area contributed by atoms with Crippen LogP contribution in [0.1, 0.15) is 24.5 Å². The van der Waals surface area contributed by atoms with E-state index in [0.29, 0.717) is 4.47 Å². The number of halogens is 1. The summed E-state index contributed by atoms with van der Waals surface area (Å²) in [5.41, 5.74) is -0.701. The Balaban J connectivity index is 2.07. The zero-order valence-corrected chi connectivity index (χ0v) is 19.5. The Morgan fingerprint density at radius 2 is 1.79 bits per heavy atom. The van der Waals surface area contributed by atoms with Gasteiger partial charge in [-0.2, -0.15) is 0 Å². The monoisotopic (exact) mass is 522 g/mol. The number of aliphatic hydroxyl groups is 4. The molecular weight excluding hydrogens is 500 g/mol. The first-order valence-electron chi connectivity index (χ1n) is 10.1. The number of nitrogens with zero attached hydrogens (tertiary/aromatic N) is 1. The molecule has 0 radical (unpaired) electrons. The molecule has 10 nitrogen and oxygen atoms in total. The molecule has 3 aliphatic carbocycles. The number of carbonyl (C=O) groups is 3. The van der Waals surface area contributed by atoms with Gasteiger partial charge in [-0.25, -0.2) is 0 Å². The van der Waals surface area contributed by atoms with Crippen molar-refractivity contribution in [1.29, 1.82) is 0 Å². The molecule has 0 aromatic heterocycles. The molecular formula is C22H23BrN2O8. The Bertz CT molecular complexity index is 1200. The smallest absolute Gasteiger partial charge is 0.255 e. The summed E-state index contributed by atoms with van der Waals surface area (Å²) in [6.45, 7) is 1.39. The third-order valence-electron chi connectivity index (χ3n) is 7.07. The minimum Gasteiger partial charge on any atom is -0.508 e. The second-order valence-corrected chi connectivity index (χ2v) is 9.93. The molecule has 11 heteroatoms. The van der Waals surface area contributed by atoms with Crippen LogP contribution in [0.3, 0.4) is 0 Å². The van der Waals surface area contributed by atoms with E-state index in [1.165, 1.54) is 38.1 Å². The summed E-state index contributed by atoms with van der Waals surface area (Å²) in [4.78, 5) is 40.1. The molecule has 0 saturated heterocycles. The van der Waals surface area contributed by atoms with Gasteiger partial charge in [0.2, 0.25) is 5.78 Å². The van der Waals surface area contributed by atoms with Gasteiger partial charge in [0.1, 0.15) is 22.8 Å². The van der Waals surface area contributed by atoms with Crippen LogP contribution in [0, 0.1) is 11.8 Å². The van der Waals surface area contributed by atoms with Crippen LogP contribution in [-0.2, 0) is 20.0 Å². The van der Waals surface area contributed by atoms with E-state index in [1.54, 1.807) is 0 Å². The molecule has 1 amide bonds. The maximum absolute atomic E-state index is 13.7. The molecule has 0 spiro atoms. The number of likely N-dealkylation sites (N-methyl/N-ethyl adjacent to an activating group) is 1. The zero-order valence-electron chi connectivity index (χ0n) is 18.0. The Morgan fingerprint density at radius 3 is 2.33 bits per heavy atom. The molecule has 1 fully saturated rings. The van der Waals surface area contributed by atoms with Crippen LogP contribution in [0.2, 0.25) is 0 Å². The summed E-state index contributed by atoms with van der Waals surface area (Å²) in [6.07, 6.45) is -0.221. The Labute approximate surface area is 196 Å². The number of primary amides is 1. The average Bonchev–Trinajstić information content (AvgIpc) is 2.69. The lowest BCUT2D eigenvalue weighted by Crippen LogP contribution is -2.67. The third kappa shape index (κ3) is 2.79. The molecule has 5 atom stereocenters. The first-order chi connectivity index (χ1) is 15.2. The lowest BCUT2D eigenvalue weighted by Gasteiger charge is -2.53. The number of fused-ring (bicyclic) bond motifs is 3. The van der Waals surface area contributed by atoms with Gasteiger partial charge < -0.3 is 31.3 Å². The normalized spacial score (nSPS) is 33.7. The maximum atomic E-state index is 13.7. The summed E-state index contributed by atoms with van der Waals surface area (Å²) in [6, 6.07) is 1.50. The average molecular weight is 523 g/mol. The number of benzene rings is 1. The summed E-state index contributed by atoms with van der Waals surface area (Å²) in [5, 5.41) is 55.3. The molecule has 3 aliphatic rings. The fourth-order valence-corrected chi connectivity index (χ4v) is 6.31. The number of hydrogen-bond donors (Lipinski definition) is 6. The van der Waals surface area contributed by atoms with Crippen LogP contribution in [0.5, 0.6) is 5.75 Å². The van der Waals surface area contributed by atoms with Crippen LogP contribution < -0.4 is 5.73 Å². The minimum atomic E-state index is -2.76. The van der Waals surface area contributed by atoms with Crippen molar-refractivity contribution < 1.29 is 39.9 Å². The van der Waals surface area contributed by atoms with E-state index in [9.17, 15) is 39.9 Å². The van der Waals surface area contributed by atoms with Crippen LogP contribution in [0.15, 0.2) is 33.5 Å². The highest BCUT2D eigenvalue weighted by atomic mass is 79.9. The minimum absolute atomic E-state index is 0.133. The standard InChI is InChI=1S/C22H23BrN2O8/c1-21(32)7-6-8-15(25(2)3)17(28)13(20(24)31)19(30)22(8,33)18(29)11(7)16(27)12-10(26)5-4-9(23)14(12)21/h4-5,7-8,15,26-27,30,32-33H,6H2,1-3H3,(H2,24,31). The molecule has 0 aliphatic heterocycles. The van der Waals surface area contributed by atoms with E-state index in [2.05, 4.69) is 15.9 Å². The van der Waals surface area contributed by atoms with Gasteiger partial charge in [-0.15, -0.1) is 0 Å². The van der Waals surface area contributed by atoms with Gasteiger partial charge in [0, 0.05) is 27.4 Å². The van der Waals surface area contributed by atoms with E-state index in [4.69, 9.17) is 5.73 Å². The van der Waals surface area contributed by atoms with Crippen molar-refractivity contribution in [3.63, 3.8) is 0 Å². The predicted molar refractivity (Wildman–Crippen MR) is 118 cm³/mol. The number of aliphatic hydroxyl groups excluding tert-OH is 2. The highest BCUT2D eigenvalue weighted by Gasteiger charge is 2.66. The molecule has 33 heavy (non-hydrogen) atoms. The molecule has 7 N–H and O–H groups in total. The van der Waals surface area contributed by atoms with Crippen molar-refractivity contribution in [2.24, 2.45) is 17.6 Å². The summed E-state index contributed by atoms with van der Waals surface area (Å²) >= 11 is 3.31. The van der Waals surface area contributed by atoms with E-state index in [-0.39, 0.29) is 17.5 Å². The molecule has 0 heterocycles. The molecule has 0 bridgehead atoms. The fraction of sp³-hybridized carbons (Fsp3) is 0.409. The van der Waals surface area contributed by atoms with Crippen molar-refractivity contribution in [2.45, 2.75) is 30.6 Å². The van der Waals surface area contributed by atoms with Gasteiger partial charge in [0.05, 0.1) is 17.2 Å². The fourth-order valence-electron chi connectivity index (χ4n) is 5.58. The number of phenols is 1. The van der Waals surface area contributed by atoms with E-state index < -0.39 is 75.0 Å². The number of phenolic OH excluding ortho intramolecular Hbond substituents is 1. The van der Waals surface area contributed by atoms with E-state index in [0.717, 1.165) is 0 Å².